The van der Waals surface area contributed by atoms with Crippen molar-refractivity contribution in [2.45, 2.75) is 73.1 Å². The first-order valence-electron chi connectivity index (χ1n) is 20.0. The molecule has 0 bridgehead atoms. The molecule has 2 saturated heterocycles. The summed E-state index contributed by atoms with van der Waals surface area (Å²) in [7, 11) is 1.76. The van der Waals surface area contributed by atoms with Gasteiger partial charge in [0, 0.05) is 32.0 Å². The van der Waals surface area contributed by atoms with E-state index >= 15 is 0 Å². The first kappa shape index (κ1) is 61.6. The van der Waals surface area contributed by atoms with E-state index in [0.29, 0.717) is 17.2 Å². The number of benzene rings is 2. The maximum absolute atomic E-state index is 14.3. The van der Waals surface area contributed by atoms with E-state index in [0.717, 1.165) is 20.4 Å². The van der Waals surface area contributed by atoms with Gasteiger partial charge >= 0.3 is 61.3 Å². The Morgan fingerprint density at radius 1 is 0.520 bits per heavy atom. The first-order valence-corrected chi connectivity index (χ1v) is 20.4. The fraction of sp³-hybridized carbons (Fsp3) is 0.429. The van der Waals surface area contributed by atoms with Gasteiger partial charge in [-0.3, -0.25) is 0 Å². The van der Waals surface area contributed by atoms with Crippen LogP contribution in [0.1, 0.15) is 78.1 Å². The van der Waals surface area contributed by atoms with Crippen LogP contribution in [-0.2, 0) is 57.4 Å². The highest BCUT2D eigenvalue weighted by molar-refractivity contribution is 6.29. The van der Waals surface area contributed by atoms with Gasteiger partial charge in [-0.1, -0.05) is 11.6 Å². The second-order valence-electron chi connectivity index (χ2n) is 16.0. The number of methoxy groups -OCH3 is 2. The molecule has 2 aromatic carbocycles. The Kier molecular flexibility index (Phi) is 17.4. The number of nitrogens with zero attached hydrogens (tertiary/aromatic N) is 3. The number of pyridine rings is 2. The molecular weight excluding hydrogens is 1120 g/mol. The van der Waals surface area contributed by atoms with Crippen LogP contribution >= 0.6 is 11.6 Å². The number of ether oxygens (including phenoxy) is 2. The summed E-state index contributed by atoms with van der Waals surface area (Å²) < 4.78 is 325. The molecule has 2 atom stereocenters. The zero-order chi connectivity index (χ0) is 57.5. The van der Waals surface area contributed by atoms with Crippen molar-refractivity contribution in [2.75, 3.05) is 45.3 Å². The van der Waals surface area contributed by atoms with Gasteiger partial charge in [-0.05, 0) is 79.0 Å². The van der Waals surface area contributed by atoms with Crippen LogP contribution < -0.4 is 10.2 Å². The molecule has 6 rings (SSSR count). The van der Waals surface area contributed by atoms with Crippen molar-refractivity contribution >= 4 is 29.4 Å². The number of carbonyl (C=O) groups excluding carboxylic acids is 2. The molecule has 1 N–H and O–H groups in total. The summed E-state index contributed by atoms with van der Waals surface area (Å²) in [4.78, 5) is 30.2. The predicted octanol–water partition coefficient (Wildman–Crippen LogP) is 13.7. The van der Waals surface area contributed by atoms with Crippen LogP contribution in [0.25, 0.3) is 0 Å². The number of nitrogens with one attached hydrogen (secondary N) is 1. The maximum Gasteiger partial charge on any atom is 0.417 e. The Labute approximate surface area is 408 Å². The number of anilines is 1. The van der Waals surface area contributed by atoms with Gasteiger partial charge < -0.3 is 19.7 Å². The summed E-state index contributed by atoms with van der Waals surface area (Å²) in [5, 5.41) is 2.01. The average Bonchev–Trinajstić information content (AvgIpc) is 3.98. The fourth-order valence-electron chi connectivity index (χ4n) is 7.50. The highest BCUT2D eigenvalue weighted by Crippen LogP contribution is 2.52. The summed E-state index contributed by atoms with van der Waals surface area (Å²) >= 11 is 5.31. The number of alkyl halides is 24. The van der Waals surface area contributed by atoms with Crippen molar-refractivity contribution in [2.24, 2.45) is 0 Å². The fourth-order valence-corrected chi connectivity index (χ4v) is 7.66. The number of aromatic nitrogens is 2. The maximum atomic E-state index is 14.3. The minimum Gasteiger partial charge on any atom is -0.465 e. The number of carbonyl (C=O) groups is 2. The van der Waals surface area contributed by atoms with Crippen molar-refractivity contribution < 1.29 is 124 Å². The molecule has 4 heterocycles. The highest BCUT2D eigenvalue weighted by Gasteiger charge is 2.61. The lowest BCUT2D eigenvalue weighted by atomic mass is 9.77. The van der Waals surface area contributed by atoms with E-state index in [-0.39, 0.29) is 54.2 Å². The summed E-state index contributed by atoms with van der Waals surface area (Å²) in [6.07, 6.45) is -42.0. The Bertz CT molecular complexity index is 2640. The van der Waals surface area contributed by atoms with Gasteiger partial charge in [0.25, 0.3) is 0 Å². The summed E-state index contributed by atoms with van der Waals surface area (Å²) in [5.74, 6) is -3.28. The normalized spacial score (nSPS) is 18.9. The van der Waals surface area contributed by atoms with E-state index in [1.807, 2.05) is 0 Å². The number of rotatable bonds is 5. The average molecular weight is 1150 g/mol. The third kappa shape index (κ3) is 13.9. The van der Waals surface area contributed by atoms with Gasteiger partial charge in [0.15, 0.2) is 0 Å². The SMILES string of the molecule is COC(=O)c1cnc(Cl)cc1C(F)(F)F.COC(=O)c1cnc(N2CCC(c3cc(C(F)(F)F)cc(C(F)(F)F)c3)(C(F)(F)F)C2)cc1C(F)(F)F.FC(F)(F)c1cc(C(F)(F)F)cc(C2(C(F)(F)F)CCNC2)c1. The molecule has 0 radical (unpaired) electrons. The number of esters is 2. The summed E-state index contributed by atoms with van der Waals surface area (Å²) in [6.45, 7) is -2.98. The largest absolute Gasteiger partial charge is 0.465 e. The molecule has 416 valence electrons. The van der Waals surface area contributed by atoms with Crippen LogP contribution in [0.4, 0.5) is 111 Å². The minimum absolute atomic E-state index is 0.0544. The molecule has 2 unspecified atom stereocenters. The molecule has 75 heavy (non-hydrogen) atoms. The Balaban J connectivity index is 0.000000271. The van der Waals surface area contributed by atoms with Crippen LogP contribution in [0.15, 0.2) is 60.9 Å². The lowest BCUT2D eigenvalue weighted by Gasteiger charge is -2.33. The van der Waals surface area contributed by atoms with Crippen molar-refractivity contribution in [1.29, 1.82) is 0 Å². The Morgan fingerprint density at radius 2 is 0.893 bits per heavy atom. The second kappa shape index (κ2) is 21.2. The first-order chi connectivity index (χ1) is 33.8. The van der Waals surface area contributed by atoms with E-state index < -0.39 is 166 Å². The molecule has 0 amide bonds. The van der Waals surface area contributed by atoms with Gasteiger partial charge in [-0.15, -0.1) is 0 Å². The van der Waals surface area contributed by atoms with E-state index in [1.165, 1.54) is 0 Å². The summed E-state index contributed by atoms with van der Waals surface area (Å²) in [6, 6.07) is 0.506. The summed E-state index contributed by atoms with van der Waals surface area (Å²) in [5.41, 5.74) is -20.4. The topological polar surface area (TPSA) is 93.7 Å². The van der Waals surface area contributed by atoms with Gasteiger partial charge in [-0.25, -0.2) is 19.6 Å². The monoisotopic (exact) mass is 1140 g/mol. The van der Waals surface area contributed by atoms with Gasteiger partial charge in [0.1, 0.15) is 21.8 Å². The quantitative estimate of drug-likeness (QED) is 0.120. The van der Waals surface area contributed by atoms with E-state index in [4.69, 9.17) is 11.6 Å². The molecular formula is C42H29ClF24N4O4. The molecule has 2 aliphatic heterocycles. The lowest BCUT2D eigenvalue weighted by molar-refractivity contribution is -0.186. The molecule has 2 fully saturated rings. The van der Waals surface area contributed by atoms with Gasteiger partial charge in [0.05, 0.1) is 58.7 Å². The van der Waals surface area contributed by atoms with Crippen molar-refractivity contribution in [1.82, 2.24) is 15.3 Å². The standard InChI is InChI=1S/C21H14F12N2O2.C13H10F9N.C8H5ClF3NO2/c1-37-16(36)13-8-34-15(7-14(13)20(28,29)30)35-3-2-17(9-35,21(31,32)33)10-4-11(18(22,23)24)6-12(5-10)19(25,26)27;14-11(15,16)8-3-7(4-9(5-8)12(17,18)19)10(13(20,21)22)1-2-23-6-10;1-15-7(14)4-3-13-6(9)2-5(4)8(10,11)12/h4-8H,2-3,9H2,1H3;3-5,23H,1-2,6H2;2-3H,1H3. The van der Waals surface area contributed by atoms with Gasteiger partial charge in [0.2, 0.25) is 0 Å². The van der Waals surface area contributed by atoms with Crippen molar-refractivity contribution in [3.05, 3.63) is 122 Å². The zero-order valence-corrected chi connectivity index (χ0v) is 37.7. The van der Waals surface area contributed by atoms with E-state index in [1.54, 1.807) is 0 Å². The van der Waals surface area contributed by atoms with Gasteiger partial charge in [-0.2, -0.15) is 105 Å². The smallest absolute Gasteiger partial charge is 0.417 e. The van der Waals surface area contributed by atoms with Crippen LogP contribution in [-0.4, -0.2) is 74.7 Å². The van der Waals surface area contributed by atoms with E-state index in [2.05, 4.69) is 24.8 Å². The molecule has 2 aromatic heterocycles. The third-order valence-corrected chi connectivity index (χ3v) is 11.5. The molecule has 0 saturated carbocycles. The molecule has 0 spiro atoms. The molecule has 8 nitrogen and oxygen atoms in total. The third-order valence-electron chi connectivity index (χ3n) is 11.3. The number of hydrogen-bond donors (Lipinski definition) is 1. The van der Waals surface area contributed by atoms with E-state index in [9.17, 15) is 115 Å². The van der Waals surface area contributed by atoms with Crippen LogP contribution in [0.3, 0.4) is 0 Å². The minimum atomic E-state index is -5.42. The molecule has 2 aliphatic rings. The lowest BCUT2D eigenvalue weighted by Crippen LogP contribution is -2.45. The predicted molar refractivity (Wildman–Crippen MR) is 209 cm³/mol. The Hall–Kier alpha value is -5.95. The molecule has 4 aromatic rings. The number of hydrogen-bond acceptors (Lipinski definition) is 8. The number of halogens is 25. The van der Waals surface area contributed by atoms with Crippen molar-refractivity contribution in [3.8, 4) is 0 Å². The highest BCUT2D eigenvalue weighted by atomic mass is 35.5. The zero-order valence-electron chi connectivity index (χ0n) is 36.9. The van der Waals surface area contributed by atoms with Crippen LogP contribution in [0.2, 0.25) is 5.15 Å². The molecule has 33 heteroatoms. The molecule has 0 aliphatic carbocycles. The van der Waals surface area contributed by atoms with Crippen LogP contribution in [0, 0.1) is 0 Å². The van der Waals surface area contributed by atoms with Crippen LogP contribution in [0.5, 0.6) is 0 Å². The van der Waals surface area contributed by atoms with Crippen molar-refractivity contribution in [3.63, 3.8) is 0 Å². The Morgan fingerprint density at radius 3 is 1.23 bits per heavy atom. The second-order valence-corrected chi connectivity index (χ2v) is 16.4.